The highest BCUT2D eigenvalue weighted by Crippen LogP contribution is 2.32. The van der Waals surface area contributed by atoms with Crippen molar-refractivity contribution in [1.82, 2.24) is 9.62 Å². The smallest absolute Gasteiger partial charge is 0.244 e. The van der Waals surface area contributed by atoms with Crippen LogP contribution < -0.4 is 14.4 Å². The lowest BCUT2D eigenvalue weighted by Gasteiger charge is -2.34. The molecule has 2 aromatic carbocycles. The van der Waals surface area contributed by atoms with Gasteiger partial charge in [0.1, 0.15) is 17.3 Å². The largest absolute Gasteiger partial charge is 0.490 e. The van der Waals surface area contributed by atoms with Gasteiger partial charge in [-0.2, -0.15) is 0 Å². The molecule has 7 heteroatoms. The molecular formula is C20H25N3O3S. The summed E-state index contributed by atoms with van der Waals surface area (Å²) >= 11 is 0. The third-order valence-corrected chi connectivity index (χ3v) is 6.73. The second-order valence-electron chi connectivity index (χ2n) is 7.24. The van der Waals surface area contributed by atoms with E-state index < -0.39 is 10.0 Å². The summed E-state index contributed by atoms with van der Waals surface area (Å²) in [6.07, 6.45) is 0.597. The summed E-state index contributed by atoms with van der Waals surface area (Å²) in [6.45, 7) is 4.16. The van der Waals surface area contributed by atoms with Gasteiger partial charge in [0.15, 0.2) is 0 Å². The van der Waals surface area contributed by atoms with Crippen LogP contribution >= 0.6 is 0 Å². The second-order valence-corrected chi connectivity index (χ2v) is 8.92. The zero-order chi connectivity index (χ0) is 18.9. The van der Waals surface area contributed by atoms with E-state index in [1.807, 2.05) is 42.5 Å². The first-order valence-electron chi connectivity index (χ1n) is 9.28. The number of likely N-dealkylation sites (N-methyl/N-ethyl adjacent to an activating group) is 1. The number of ether oxygens (including phenoxy) is 1. The number of sulfonamides is 1. The van der Waals surface area contributed by atoms with E-state index in [2.05, 4.69) is 21.6 Å². The second kappa shape index (κ2) is 7.50. The molecule has 1 atom stereocenters. The van der Waals surface area contributed by atoms with Gasteiger partial charge in [0.2, 0.25) is 10.0 Å². The molecular weight excluding hydrogens is 362 g/mol. The Kier molecular flexibility index (Phi) is 5.08. The fourth-order valence-electron chi connectivity index (χ4n) is 3.60. The first-order valence-corrected chi connectivity index (χ1v) is 10.8. The summed E-state index contributed by atoms with van der Waals surface area (Å²) in [5, 5.41) is 0. The van der Waals surface area contributed by atoms with Gasteiger partial charge in [-0.25, -0.2) is 13.1 Å². The van der Waals surface area contributed by atoms with Crippen molar-refractivity contribution in [2.45, 2.75) is 17.4 Å². The van der Waals surface area contributed by atoms with Gasteiger partial charge in [0.05, 0.1) is 6.04 Å². The highest BCUT2D eigenvalue weighted by Gasteiger charge is 2.29. The van der Waals surface area contributed by atoms with Crippen LogP contribution in [0.4, 0.5) is 5.69 Å². The Morgan fingerprint density at radius 3 is 2.56 bits per heavy atom. The van der Waals surface area contributed by atoms with E-state index in [1.165, 1.54) is 0 Å². The summed E-state index contributed by atoms with van der Waals surface area (Å²) < 4.78 is 34.4. The number of hydrogen-bond acceptors (Lipinski definition) is 5. The van der Waals surface area contributed by atoms with Gasteiger partial charge < -0.3 is 14.5 Å². The van der Waals surface area contributed by atoms with Gasteiger partial charge in [0.25, 0.3) is 0 Å². The van der Waals surface area contributed by atoms with E-state index in [9.17, 15) is 8.42 Å². The van der Waals surface area contributed by atoms with Gasteiger partial charge in [-0.15, -0.1) is 0 Å². The van der Waals surface area contributed by atoms with Crippen molar-refractivity contribution in [2.75, 3.05) is 44.7 Å². The van der Waals surface area contributed by atoms with E-state index in [-0.39, 0.29) is 10.9 Å². The van der Waals surface area contributed by atoms with Gasteiger partial charge in [-0.3, -0.25) is 0 Å². The van der Waals surface area contributed by atoms with Crippen LogP contribution in [0.15, 0.2) is 53.4 Å². The number of nitrogens with zero attached hydrogens (tertiary/aromatic N) is 2. The summed E-state index contributed by atoms with van der Waals surface area (Å²) in [4.78, 5) is 4.78. The lowest BCUT2D eigenvalue weighted by molar-refractivity contribution is 0.279. The molecule has 6 nitrogen and oxygen atoms in total. The quantitative estimate of drug-likeness (QED) is 0.869. The van der Waals surface area contributed by atoms with Gasteiger partial charge >= 0.3 is 0 Å². The number of fused-ring (bicyclic) bond motifs is 1. The monoisotopic (exact) mass is 387 g/mol. The third kappa shape index (κ3) is 4.10. The minimum absolute atomic E-state index is 0.218. The number of piperazine rings is 1. The molecule has 2 aromatic rings. The zero-order valence-electron chi connectivity index (χ0n) is 15.5. The van der Waals surface area contributed by atoms with Gasteiger partial charge in [0, 0.05) is 37.9 Å². The summed E-state index contributed by atoms with van der Waals surface area (Å²) in [6, 6.07) is 15.0. The number of anilines is 1. The third-order valence-electron chi connectivity index (χ3n) is 5.17. The van der Waals surface area contributed by atoms with Crippen LogP contribution in [0.1, 0.15) is 5.56 Å². The molecule has 1 saturated heterocycles. The summed E-state index contributed by atoms with van der Waals surface area (Å²) in [5.41, 5.74) is 2.09. The minimum Gasteiger partial charge on any atom is -0.490 e. The summed E-state index contributed by atoms with van der Waals surface area (Å²) in [7, 11) is -1.49. The molecule has 0 bridgehead atoms. The molecule has 0 aromatic heterocycles. The Morgan fingerprint density at radius 1 is 1.07 bits per heavy atom. The normalized spacial score (nSPS) is 22.6. The Hall–Kier alpha value is -2.09. The van der Waals surface area contributed by atoms with Gasteiger partial charge in [-0.1, -0.05) is 30.3 Å². The van der Waals surface area contributed by atoms with E-state index in [4.69, 9.17) is 4.74 Å². The van der Waals surface area contributed by atoms with Crippen LogP contribution in [-0.2, 0) is 16.4 Å². The van der Waals surface area contributed by atoms with Crippen LogP contribution in [0, 0.1) is 0 Å². The van der Waals surface area contributed by atoms with Crippen molar-refractivity contribution in [2.24, 2.45) is 0 Å². The maximum atomic E-state index is 12.8. The van der Waals surface area contributed by atoms with Crippen molar-refractivity contribution in [3.63, 3.8) is 0 Å². The first kappa shape index (κ1) is 18.3. The molecule has 1 fully saturated rings. The Bertz CT molecular complexity index is 894. The van der Waals surface area contributed by atoms with E-state index in [0.29, 0.717) is 18.8 Å². The lowest BCUT2D eigenvalue weighted by atomic mass is 10.1. The SMILES string of the molecule is CN1CCN(c2ccc3c(c2)OC[C@H](Cc2ccccc2)NS3(=O)=O)CC1. The average Bonchev–Trinajstić information content (AvgIpc) is 2.79. The Balaban J connectivity index is 1.55. The molecule has 27 heavy (non-hydrogen) atoms. The fourth-order valence-corrected chi connectivity index (χ4v) is 4.95. The lowest BCUT2D eigenvalue weighted by Crippen LogP contribution is -2.44. The molecule has 0 radical (unpaired) electrons. The molecule has 4 rings (SSSR count). The van der Waals surface area contributed by atoms with E-state index in [1.54, 1.807) is 6.07 Å². The number of hydrogen-bond donors (Lipinski definition) is 1. The van der Waals surface area contributed by atoms with Crippen molar-refractivity contribution >= 4 is 15.7 Å². The van der Waals surface area contributed by atoms with Crippen molar-refractivity contribution < 1.29 is 13.2 Å². The maximum absolute atomic E-state index is 12.8. The highest BCUT2D eigenvalue weighted by atomic mass is 32.2. The molecule has 1 N–H and O–H groups in total. The van der Waals surface area contributed by atoms with E-state index in [0.717, 1.165) is 37.4 Å². The molecule has 0 saturated carbocycles. The first-order chi connectivity index (χ1) is 13.0. The topological polar surface area (TPSA) is 61.9 Å². The van der Waals surface area contributed by atoms with Crippen LogP contribution in [0.2, 0.25) is 0 Å². The molecule has 2 aliphatic heterocycles. The van der Waals surface area contributed by atoms with Gasteiger partial charge in [-0.05, 0) is 31.2 Å². The average molecular weight is 388 g/mol. The standard InChI is InChI=1S/C20H25N3O3S/c1-22-9-11-23(12-10-22)18-7-8-20-19(14-18)26-15-17(21-27(20,24)25)13-16-5-3-2-4-6-16/h2-8,14,17,21H,9-13,15H2,1H3/t17-/m0/s1. The minimum atomic E-state index is -3.61. The molecule has 2 heterocycles. The Labute approximate surface area is 160 Å². The molecule has 0 unspecified atom stereocenters. The summed E-state index contributed by atoms with van der Waals surface area (Å²) in [5.74, 6) is 0.439. The predicted molar refractivity (Wildman–Crippen MR) is 106 cm³/mol. The molecule has 0 amide bonds. The highest BCUT2D eigenvalue weighted by molar-refractivity contribution is 7.89. The molecule has 2 aliphatic rings. The van der Waals surface area contributed by atoms with Crippen molar-refractivity contribution in [3.8, 4) is 5.75 Å². The number of nitrogens with one attached hydrogen (secondary N) is 1. The zero-order valence-corrected chi connectivity index (χ0v) is 16.3. The Morgan fingerprint density at radius 2 is 1.81 bits per heavy atom. The van der Waals surface area contributed by atoms with Crippen LogP contribution in [0.25, 0.3) is 0 Å². The number of benzene rings is 2. The van der Waals surface area contributed by atoms with Crippen molar-refractivity contribution in [1.29, 1.82) is 0 Å². The molecule has 0 aliphatic carbocycles. The van der Waals surface area contributed by atoms with Crippen LogP contribution in [-0.4, -0.2) is 59.2 Å². The molecule has 144 valence electrons. The fraction of sp³-hybridized carbons (Fsp3) is 0.400. The number of rotatable bonds is 3. The molecule has 0 spiro atoms. The van der Waals surface area contributed by atoms with Crippen molar-refractivity contribution in [3.05, 3.63) is 54.1 Å². The maximum Gasteiger partial charge on any atom is 0.244 e. The predicted octanol–water partition coefficient (Wildman–Crippen LogP) is 1.72. The van der Waals surface area contributed by atoms with Crippen LogP contribution in [0.3, 0.4) is 0 Å². The van der Waals surface area contributed by atoms with E-state index >= 15 is 0 Å². The van der Waals surface area contributed by atoms with Crippen LogP contribution in [0.5, 0.6) is 5.75 Å².